The number of anilines is 1. The highest BCUT2D eigenvalue weighted by molar-refractivity contribution is 6.31. The number of carbonyl (C=O) groups excluding carboxylic acids is 2. The Morgan fingerprint density at radius 1 is 1.02 bits per heavy atom. The van der Waals surface area contributed by atoms with Crippen LogP contribution in [0.2, 0.25) is 5.02 Å². The van der Waals surface area contributed by atoms with Crippen molar-refractivity contribution in [3.63, 3.8) is 0 Å². The molecular weight excluding hydrogens is 616 g/mol. The minimum atomic E-state index is -0.338. The number of nitriles is 1. The lowest BCUT2D eigenvalue weighted by molar-refractivity contribution is -0.164. The number of hydrogen-bond acceptors (Lipinski definition) is 9. The van der Waals surface area contributed by atoms with Crippen molar-refractivity contribution in [1.82, 2.24) is 20.1 Å². The maximum atomic E-state index is 13.3. The van der Waals surface area contributed by atoms with E-state index in [-0.39, 0.29) is 34.9 Å². The Balaban J connectivity index is 1.06. The van der Waals surface area contributed by atoms with Crippen LogP contribution in [0.1, 0.15) is 69.8 Å². The molecule has 2 saturated heterocycles. The van der Waals surface area contributed by atoms with Crippen molar-refractivity contribution in [3.8, 4) is 11.8 Å². The average Bonchev–Trinajstić information content (AvgIpc) is 3.06. The molecule has 1 aromatic heterocycles. The van der Waals surface area contributed by atoms with Gasteiger partial charge < -0.3 is 24.6 Å². The number of nitrogens with one attached hydrogen (secondary N) is 1. The zero-order chi connectivity index (χ0) is 33.8. The summed E-state index contributed by atoms with van der Waals surface area (Å²) in [4.78, 5) is 36.8. The van der Waals surface area contributed by atoms with Gasteiger partial charge in [-0.3, -0.25) is 14.5 Å². The van der Waals surface area contributed by atoms with Crippen LogP contribution in [0.25, 0.3) is 0 Å². The molecule has 1 saturated carbocycles. The normalized spacial score (nSPS) is 23.0. The van der Waals surface area contributed by atoms with Crippen LogP contribution in [-0.2, 0) is 9.53 Å². The first-order valence-corrected chi connectivity index (χ1v) is 17.3. The van der Waals surface area contributed by atoms with E-state index in [2.05, 4.69) is 58.8 Å². The number of hydrogen-bond donors (Lipinski definition) is 1. The smallest absolute Gasteiger partial charge is 0.320 e. The van der Waals surface area contributed by atoms with Gasteiger partial charge in [-0.05, 0) is 62.9 Å². The van der Waals surface area contributed by atoms with Gasteiger partial charge in [0.05, 0.1) is 29.3 Å². The largest absolute Gasteiger partial charge is 0.489 e. The van der Waals surface area contributed by atoms with Gasteiger partial charge in [0.15, 0.2) is 0 Å². The first-order valence-electron chi connectivity index (χ1n) is 16.9. The lowest BCUT2D eigenvalue weighted by Crippen LogP contribution is -2.74. The van der Waals surface area contributed by atoms with Gasteiger partial charge in [-0.1, -0.05) is 39.3 Å². The molecule has 2 aromatic rings. The van der Waals surface area contributed by atoms with Crippen molar-refractivity contribution < 1.29 is 19.1 Å². The summed E-state index contributed by atoms with van der Waals surface area (Å²) in [6.45, 7) is 17.9. The summed E-state index contributed by atoms with van der Waals surface area (Å²) in [7, 11) is 0. The first-order chi connectivity index (χ1) is 22.4. The molecule has 1 aliphatic carbocycles. The molecule has 10 nitrogen and oxygen atoms in total. The van der Waals surface area contributed by atoms with Crippen LogP contribution in [0.5, 0.6) is 5.75 Å². The Morgan fingerprint density at radius 3 is 2.30 bits per heavy atom. The van der Waals surface area contributed by atoms with Crippen molar-refractivity contribution in [1.29, 1.82) is 5.26 Å². The van der Waals surface area contributed by atoms with Crippen molar-refractivity contribution in [3.05, 3.63) is 52.7 Å². The number of rotatable bonds is 11. The lowest BCUT2D eigenvalue weighted by atomic mass is 9.49. The molecular formula is C36H49ClN6O4. The molecule has 1 amide bonds. The van der Waals surface area contributed by atoms with Crippen LogP contribution in [0.4, 0.5) is 5.82 Å². The Hall–Kier alpha value is -3.39. The second-order valence-electron chi connectivity index (χ2n) is 14.3. The fourth-order valence-electron chi connectivity index (χ4n) is 7.89. The molecule has 0 radical (unpaired) electrons. The summed E-state index contributed by atoms with van der Waals surface area (Å²) in [6.07, 6.45) is 4.98. The molecule has 47 heavy (non-hydrogen) atoms. The Morgan fingerprint density at radius 2 is 1.70 bits per heavy atom. The van der Waals surface area contributed by atoms with E-state index in [1.165, 1.54) is 6.42 Å². The second kappa shape index (κ2) is 14.8. The predicted octanol–water partition coefficient (Wildman–Crippen LogP) is 5.01. The first kappa shape index (κ1) is 34.9. The number of piperidine rings is 1. The molecule has 11 heteroatoms. The summed E-state index contributed by atoms with van der Waals surface area (Å²) < 4.78 is 11.4. The molecule has 1 aromatic carbocycles. The highest BCUT2D eigenvalue weighted by Gasteiger charge is 2.64. The Bertz CT molecular complexity index is 1430. The topological polar surface area (TPSA) is 111 Å². The minimum Gasteiger partial charge on any atom is -0.489 e. The molecule has 5 rings (SSSR count). The van der Waals surface area contributed by atoms with Gasteiger partial charge in [0.1, 0.15) is 23.7 Å². The van der Waals surface area contributed by atoms with Crippen molar-refractivity contribution in [2.45, 2.75) is 66.0 Å². The number of piperazine rings is 1. The molecule has 3 heterocycles. The van der Waals surface area contributed by atoms with E-state index in [1.54, 1.807) is 24.4 Å². The molecule has 3 fully saturated rings. The molecule has 0 unspecified atom stereocenters. The Kier molecular flexibility index (Phi) is 11.0. The van der Waals surface area contributed by atoms with E-state index in [1.807, 2.05) is 19.1 Å². The zero-order valence-corrected chi connectivity index (χ0v) is 29.2. The number of benzene rings is 1. The van der Waals surface area contributed by atoms with Crippen LogP contribution < -0.4 is 15.0 Å². The van der Waals surface area contributed by atoms with Crippen LogP contribution in [0.15, 0.2) is 36.5 Å². The van der Waals surface area contributed by atoms with Crippen LogP contribution in [0, 0.1) is 28.1 Å². The predicted molar refractivity (Wildman–Crippen MR) is 183 cm³/mol. The fraction of sp³-hybridized carbons (Fsp3) is 0.611. The van der Waals surface area contributed by atoms with E-state index in [0.29, 0.717) is 41.0 Å². The quantitative estimate of drug-likeness (QED) is 0.332. The highest BCUT2D eigenvalue weighted by atomic mass is 35.5. The van der Waals surface area contributed by atoms with E-state index in [9.17, 15) is 14.9 Å². The van der Waals surface area contributed by atoms with E-state index >= 15 is 0 Å². The third kappa shape index (κ3) is 8.02. The number of pyridine rings is 1. The van der Waals surface area contributed by atoms with Gasteiger partial charge in [0.25, 0.3) is 5.91 Å². The monoisotopic (exact) mass is 664 g/mol. The number of halogens is 1. The van der Waals surface area contributed by atoms with Crippen LogP contribution >= 0.6 is 11.6 Å². The molecule has 254 valence electrons. The lowest BCUT2D eigenvalue weighted by Gasteiger charge is -2.63. The summed E-state index contributed by atoms with van der Waals surface area (Å²) in [6, 6.07) is 10.9. The second-order valence-corrected chi connectivity index (χ2v) is 14.8. The number of carbonyl (C=O) groups is 2. The highest BCUT2D eigenvalue weighted by Crippen LogP contribution is 2.55. The molecule has 0 bridgehead atoms. The number of esters is 1. The molecule has 2 aliphatic heterocycles. The van der Waals surface area contributed by atoms with Crippen molar-refractivity contribution in [2.24, 2.45) is 16.7 Å². The zero-order valence-electron chi connectivity index (χ0n) is 28.4. The standard InChI is InChI=1S/C36H49ClN6O4/c1-6-46-31(44)24-42-19-17-41(18-20-42)14-11-25-12-15-43(16-13-25)30-10-8-27(23-39-30)32(45)40-33-35(2,3)34(36(33,4)5)47-28-9-7-26(22-38)29(37)21-28/h7-10,21,23,25,33-34H,6,11-20,24H2,1-5H3,(H,40,45). The molecule has 0 atom stereocenters. The van der Waals surface area contributed by atoms with Crippen molar-refractivity contribution in [2.75, 3.05) is 63.9 Å². The summed E-state index contributed by atoms with van der Waals surface area (Å²) >= 11 is 6.23. The van der Waals surface area contributed by atoms with Gasteiger partial charge in [-0.2, -0.15) is 5.26 Å². The van der Waals surface area contributed by atoms with Crippen LogP contribution in [-0.4, -0.2) is 97.8 Å². The van der Waals surface area contributed by atoms with E-state index in [0.717, 1.165) is 64.5 Å². The van der Waals surface area contributed by atoms with Gasteiger partial charge in [0.2, 0.25) is 0 Å². The van der Waals surface area contributed by atoms with Gasteiger partial charge >= 0.3 is 5.97 Å². The Labute approximate surface area is 284 Å². The maximum Gasteiger partial charge on any atom is 0.320 e. The van der Waals surface area contributed by atoms with Crippen LogP contribution in [0.3, 0.4) is 0 Å². The number of amides is 1. The number of ether oxygens (including phenoxy) is 2. The SMILES string of the molecule is CCOC(=O)CN1CCN(CCC2CCN(c3ccc(C(=O)NC4C(C)(C)C(Oc5ccc(C#N)c(Cl)c5)C4(C)C)cn3)CC2)CC1. The fourth-order valence-corrected chi connectivity index (χ4v) is 8.11. The third-order valence-electron chi connectivity index (χ3n) is 10.4. The minimum absolute atomic E-state index is 0.117. The number of aromatic nitrogens is 1. The number of nitrogens with zero attached hydrogens (tertiary/aromatic N) is 5. The summed E-state index contributed by atoms with van der Waals surface area (Å²) in [5.41, 5.74) is 0.277. The molecule has 3 aliphatic rings. The van der Waals surface area contributed by atoms with Gasteiger partial charge in [0, 0.05) is 68.4 Å². The summed E-state index contributed by atoms with van der Waals surface area (Å²) in [5.74, 6) is 1.95. The summed E-state index contributed by atoms with van der Waals surface area (Å²) in [5, 5.41) is 12.8. The van der Waals surface area contributed by atoms with Gasteiger partial charge in [-0.15, -0.1) is 0 Å². The molecule has 1 N–H and O–H groups in total. The third-order valence-corrected chi connectivity index (χ3v) is 10.7. The maximum absolute atomic E-state index is 13.3. The van der Waals surface area contributed by atoms with E-state index in [4.69, 9.17) is 21.1 Å². The van der Waals surface area contributed by atoms with Gasteiger partial charge in [-0.25, -0.2) is 4.98 Å². The average molecular weight is 665 g/mol. The van der Waals surface area contributed by atoms with Crippen molar-refractivity contribution >= 4 is 29.3 Å². The molecule has 0 spiro atoms. The van der Waals surface area contributed by atoms with E-state index < -0.39 is 0 Å².